The molecule has 0 bridgehead atoms. The van der Waals surface area contributed by atoms with E-state index in [4.69, 9.17) is 9.84 Å². The molecule has 1 heterocycles. The van der Waals surface area contributed by atoms with Crippen LogP contribution < -0.4 is 10.1 Å². The Hall–Kier alpha value is -1.88. The minimum Gasteiger partial charge on any atom is -0.488 e. The Balaban J connectivity index is 2.19. The topological polar surface area (TPSA) is 58.6 Å². The number of rotatable bonds is 3. The largest absolute Gasteiger partial charge is 0.488 e. The average molecular weight is 237 g/mol. The molecule has 0 saturated carbocycles. The van der Waals surface area contributed by atoms with Gasteiger partial charge in [0, 0.05) is 12.1 Å². The van der Waals surface area contributed by atoms with Gasteiger partial charge in [-0.25, -0.2) is 4.39 Å². The van der Waals surface area contributed by atoms with E-state index in [1.807, 2.05) is 0 Å². The Bertz CT molecular complexity index is 471. The highest BCUT2D eigenvalue weighted by atomic mass is 19.1. The summed E-state index contributed by atoms with van der Waals surface area (Å²) in [5, 5.41) is 11.1. The monoisotopic (exact) mass is 237 g/mol. The van der Waals surface area contributed by atoms with Crippen LogP contribution in [0.2, 0.25) is 0 Å². The lowest BCUT2D eigenvalue weighted by molar-refractivity contribution is -0.117. The first-order valence-corrected chi connectivity index (χ1v) is 5.22. The number of benzene rings is 1. The van der Waals surface area contributed by atoms with Crippen LogP contribution in [-0.2, 0) is 4.79 Å². The number of hydrogen-bond acceptors (Lipinski definition) is 3. The highest BCUT2D eigenvalue weighted by molar-refractivity contribution is 5.99. The van der Waals surface area contributed by atoms with Crippen molar-refractivity contribution in [2.75, 3.05) is 19.8 Å². The first-order valence-electron chi connectivity index (χ1n) is 5.22. The number of amides is 1. The molecular weight excluding hydrogens is 225 g/mol. The third-order valence-corrected chi connectivity index (χ3v) is 2.37. The molecule has 5 heteroatoms. The van der Waals surface area contributed by atoms with Crippen molar-refractivity contribution in [2.45, 2.75) is 0 Å². The number of aliphatic hydroxyl groups is 1. The van der Waals surface area contributed by atoms with Crippen molar-refractivity contribution < 1.29 is 19.0 Å². The number of nitrogens with one attached hydrogen (secondary N) is 1. The van der Waals surface area contributed by atoms with Gasteiger partial charge in [0.15, 0.2) is 0 Å². The summed E-state index contributed by atoms with van der Waals surface area (Å²) in [7, 11) is 0. The lowest BCUT2D eigenvalue weighted by Gasteiger charge is -2.17. The van der Waals surface area contributed by atoms with E-state index < -0.39 is 0 Å². The molecule has 2 N–H and O–H groups in total. The van der Waals surface area contributed by atoms with Gasteiger partial charge in [0.05, 0.1) is 12.2 Å². The molecule has 4 nitrogen and oxygen atoms in total. The van der Waals surface area contributed by atoms with Gasteiger partial charge in [0.2, 0.25) is 0 Å². The standard InChI is InChI=1S/C12H12FNO3/c13-10-1-2-11-8(6-10)5-9(7-17-11)12(16)14-3-4-15/h1-2,5-6,15H,3-4,7H2,(H,14,16). The van der Waals surface area contributed by atoms with Crippen molar-refractivity contribution in [3.63, 3.8) is 0 Å². The van der Waals surface area contributed by atoms with Crippen LogP contribution in [0, 0.1) is 5.82 Å². The van der Waals surface area contributed by atoms with Crippen LogP contribution in [0.3, 0.4) is 0 Å². The van der Waals surface area contributed by atoms with Crippen molar-refractivity contribution in [1.82, 2.24) is 5.32 Å². The lowest BCUT2D eigenvalue weighted by atomic mass is 10.1. The van der Waals surface area contributed by atoms with Gasteiger partial charge in [-0.05, 0) is 24.3 Å². The first-order chi connectivity index (χ1) is 8.20. The van der Waals surface area contributed by atoms with Crippen molar-refractivity contribution in [2.24, 2.45) is 0 Å². The second-order valence-corrected chi connectivity index (χ2v) is 3.62. The molecule has 1 aromatic rings. The zero-order chi connectivity index (χ0) is 12.3. The van der Waals surface area contributed by atoms with Crippen LogP contribution in [-0.4, -0.2) is 30.8 Å². The molecular formula is C12H12FNO3. The quantitative estimate of drug-likeness (QED) is 0.814. The fourth-order valence-electron chi connectivity index (χ4n) is 1.56. The van der Waals surface area contributed by atoms with E-state index in [2.05, 4.69) is 5.32 Å². The van der Waals surface area contributed by atoms with Gasteiger partial charge in [-0.1, -0.05) is 0 Å². The summed E-state index contributed by atoms with van der Waals surface area (Å²) in [5.74, 6) is -0.125. The van der Waals surface area contributed by atoms with Crippen molar-refractivity contribution in [3.8, 4) is 5.75 Å². The van der Waals surface area contributed by atoms with E-state index in [1.54, 1.807) is 6.08 Å². The molecule has 1 amide bonds. The van der Waals surface area contributed by atoms with E-state index in [0.717, 1.165) is 0 Å². The smallest absolute Gasteiger partial charge is 0.250 e. The Labute approximate surface area is 97.7 Å². The number of aliphatic hydroxyl groups excluding tert-OH is 1. The number of hydrogen-bond donors (Lipinski definition) is 2. The summed E-state index contributed by atoms with van der Waals surface area (Å²) in [6.07, 6.45) is 1.59. The molecule has 0 radical (unpaired) electrons. The number of halogens is 1. The third kappa shape index (κ3) is 2.62. The van der Waals surface area contributed by atoms with Gasteiger partial charge in [0.25, 0.3) is 5.91 Å². The second kappa shape index (κ2) is 4.97. The fourth-order valence-corrected chi connectivity index (χ4v) is 1.56. The van der Waals surface area contributed by atoms with Crippen LogP contribution in [0.5, 0.6) is 5.75 Å². The average Bonchev–Trinajstić information content (AvgIpc) is 2.35. The molecule has 0 spiro atoms. The Morgan fingerprint density at radius 1 is 1.53 bits per heavy atom. The summed E-state index contributed by atoms with van der Waals surface area (Å²) in [6.45, 7) is 0.215. The molecule has 0 aromatic heterocycles. The highest BCUT2D eigenvalue weighted by Crippen LogP contribution is 2.26. The fraction of sp³-hybridized carbons (Fsp3) is 0.250. The van der Waals surface area contributed by atoms with E-state index in [9.17, 15) is 9.18 Å². The molecule has 0 aliphatic carbocycles. The number of fused-ring (bicyclic) bond motifs is 1. The second-order valence-electron chi connectivity index (χ2n) is 3.62. The Morgan fingerprint density at radius 2 is 2.35 bits per heavy atom. The maximum absolute atomic E-state index is 13.0. The van der Waals surface area contributed by atoms with Crippen LogP contribution in [0.4, 0.5) is 4.39 Å². The van der Waals surface area contributed by atoms with Gasteiger partial charge < -0.3 is 15.2 Å². The molecule has 1 aliphatic heterocycles. The maximum atomic E-state index is 13.0. The Morgan fingerprint density at radius 3 is 3.12 bits per heavy atom. The molecule has 0 atom stereocenters. The zero-order valence-electron chi connectivity index (χ0n) is 9.07. The predicted molar refractivity (Wildman–Crippen MR) is 60.0 cm³/mol. The van der Waals surface area contributed by atoms with Gasteiger partial charge in [-0.2, -0.15) is 0 Å². The van der Waals surface area contributed by atoms with E-state index in [1.165, 1.54) is 18.2 Å². The molecule has 2 rings (SSSR count). The summed E-state index contributed by atoms with van der Waals surface area (Å²) >= 11 is 0. The van der Waals surface area contributed by atoms with Gasteiger partial charge in [-0.15, -0.1) is 0 Å². The minimum absolute atomic E-state index is 0.120. The number of carbonyl (C=O) groups is 1. The SMILES string of the molecule is O=C(NCCO)C1=Cc2cc(F)ccc2OC1. The van der Waals surface area contributed by atoms with Gasteiger partial charge >= 0.3 is 0 Å². The minimum atomic E-state index is -0.374. The van der Waals surface area contributed by atoms with Crippen LogP contribution in [0.25, 0.3) is 6.08 Å². The maximum Gasteiger partial charge on any atom is 0.250 e. The summed E-state index contributed by atoms with van der Waals surface area (Å²) in [4.78, 5) is 11.6. The highest BCUT2D eigenvalue weighted by Gasteiger charge is 2.17. The Kier molecular flexibility index (Phi) is 3.39. The molecule has 17 heavy (non-hydrogen) atoms. The number of carbonyl (C=O) groups excluding carboxylic acids is 1. The van der Waals surface area contributed by atoms with Crippen LogP contribution in [0.1, 0.15) is 5.56 Å². The first kappa shape index (κ1) is 11.6. The normalized spacial score (nSPS) is 13.4. The van der Waals surface area contributed by atoms with E-state index in [0.29, 0.717) is 16.9 Å². The van der Waals surface area contributed by atoms with Crippen LogP contribution in [0.15, 0.2) is 23.8 Å². The summed E-state index contributed by atoms with van der Waals surface area (Å²) in [5.41, 5.74) is 0.960. The summed E-state index contributed by atoms with van der Waals surface area (Å²) < 4.78 is 18.3. The summed E-state index contributed by atoms with van der Waals surface area (Å²) in [6, 6.07) is 4.15. The number of ether oxygens (including phenoxy) is 1. The van der Waals surface area contributed by atoms with E-state index in [-0.39, 0.29) is 31.5 Å². The molecule has 90 valence electrons. The molecule has 1 aliphatic rings. The van der Waals surface area contributed by atoms with Crippen molar-refractivity contribution in [1.29, 1.82) is 0 Å². The third-order valence-electron chi connectivity index (χ3n) is 2.37. The lowest BCUT2D eigenvalue weighted by Crippen LogP contribution is -2.30. The zero-order valence-corrected chi connectivity index (χ0v) is 9.07. The molecule has 0 unspecified atom stereocenters. The van der Waals surface area contributed by atoms with Gasteiger partial charge in [0.1, 0.15) is 18.2 Å². The van der Waals surface area contributed by atoms with Crippen molar-refractivity contribution >= 4 is 12.0 Å². The van der Waals surface area contributed by atoms with Gasteiger partial charge in [-0.3, -0.25) is 4.79 Å². The van der Waals surface area contributed by atoms with Crippen molar-refractivity contribution in [3.05, 3.63) is 35.2 Å². The predicted octanol–water partition coefficient (Wildman–Crippen LogP) is 0.710. The van der Waals surface area contributed by atoms with E-state index >= 15 is 0 Å². The molecule has 1 aromatic carbocycles. The molecule has 0 saturated heterocycles. The van der Waals surface area contributed by atoms with Crippen LogP contribution >= 0.6 is 0 Å². The molecule has 0 fully saturated rings.